The smallest absolute Gasteiger partial charge is 0.321 e. The minimum Gasteiger partial charge on any atom is -0.481 e. The van der Waals surface area contributed by atoms with Gasteiger partial charge in [0.2, 0.25) is 5.91 Å². The number of carbonyl (C=O) groups excluding carboxylic acids is 2. The molecule has 3 amide bonds. The maximum absolute atomic E-state index is 11.4. The minimum atomic E-state index is -0.962. The third-order valence-electron chi connectivity index (χ3n) is 2.26. The van der Waals surface area contributed by atoms with E-state index >= 15 is 0 Å². The lowest BCUT2D eigenvalue weighted by Gasteiger charge is -2.24. The molecule has 0 aromatic carbocycles. The fourth-order valence-corrected chi connectivity index (χ4v) is 1.37. The average Bonchev–Trinajstić information content (AvgIpc) is 2.26. The maximum atomic E-state index is 11.4. The van der Waals surface area contributed by atoms with Crippen LogP contribution >= 0.6 is 0 Å². The van der Waals surface area contributed by atoms with Crippen molar-refractivity contribution in [3.05, 3.63) is 0 Å². The van der Waals surface area contributed by atoms with Crippen LogP contribution in [0.4, 0.5) is 4.79 Å². The van der Waals surface area contributed by atoms with Crippen LogP contribution in [0.3, 0.4) is 0 Å². The van der Waals surface area contributed by atoms with E-state index in [4.69, 9.17) is 9.84 Å². The highest BCUT2D eigenvalue weighted by Gasteiger charge is 2.19. The zero-order valence-corrected chi connectivity index (χ0v) is 11.6. The molecule has 3 N–H and O–H groups in total. The Labute approximate surface area is 112 Å². The molecule has 0 saturated heterocycles. The zero-order valence-electron chi connectivity index (χ0n) is 11.6. The molecule has 0 aliphatic rings. The molecule has 0 spiro atoms. The number of urea groups is 1. The van der Waals surface area contributed by atoms with E-state index < -0.39 is 23.5 Å². The van der Waals surface area contributed by atoms with Crippen molar-refractivity contribution < 1.29 is 24.2 Å². The first-order valence-electron chi connectivity index (χ1n) is 6.20. The van der Waals surface area contributed by atoms with Crippen LogP contribution in [0.25, 0.3) is 0 Å². The number of hydrogen-bond donors (Lipinski definition) is 3. The predicted molar refractivity (Wildman–Crippen MR) is 68.7 cm³/mol. The van der Waals surface area contributed by atoms with E-state index in [0.717, 1.165) is 0 Å². The number of ether oxygens (including phenoxy) is 1. The standard InChI is InChI=1S/C12H22N2O5/c1-4-19-12(2,3)8-13-11(18)14-9(15)6-5-7-10(16)17/h4-8H2,1-3H3,(H,16,17)(H2,13,14,15,18). The Bertz CT molecular complexity index is 328. The number of carbonyl (C=O) groups is 3. The van der Waals surface area contributed by atoms with Crippen molar-refractivity contribution in [2.45, 2.75) is 45.6 Å². The number of carboxylic acid groups (broad SMARTS) is 1. The summed E-state index contributed by atoms with van der Waals surface area (Å²) in [4.78, 5) is 32.9. The minimum absolute atomic E-state index is 0.00850. The molecule has 0 saturated carbocycles. The second-order valence-corrected chi connectivity index (χ2v) is 4.67. The predicted octanol–water partition coefficient (Wildman–Crippen LogP) is 0.882. The molecule has 0 unspecified atom stereocenters. The normalized spacial score (nSPS) is 10.9. The molecule has 110 valence electrons. The van der Waals surface area contributed by atoms with Crippen molar-refractivity contribution in [3.63, 3.8) is 0 Å². The van der Waals surface area contributed by atoms with Gasteiger partial charge in [-0.1, -0.05) is 0 Å². The second kappa shape index (κ2) is 8.47. The molecule has 0 aromatic rings. The quantitative estimate of drug-likeness (QED) is 0.609. The molecule has 0 heterocycles. The lowest BCUT2D eigenvalue weighted by molar-refractivity contribution is -0.137. The number of amides is 3. The first-order valence-corrected chi connectivity index (χ1v) is 6.20. The lowest BCUT2D eigenvalue weighted by Crippen LogP contribution is -2.46. The van der Waals surface area contributed by atoms with Crippen molar-refractivity contribution >= 4 is 17.9 Å². The number of nitrogens with one attached hydrogen (secondary N) is 2. The summed E-state index contributed by atoms with van der Waals surface area (Å²) in [5, 5.41) is 13.1. The molecule has 0 aliphatic carbocycles. The fourth-order valence-electron chi connectivity index (χ4n) is 1.37. The summed E-state index contributed by atoms with van der Waals surface area (Å²) in [6.45, 7) is 6.31. The van der Waals surface area contributed by atoms with Gasteiger partial charge in [0.05, 0.1) is 5.60 Å². The summed E-state index contributed by atoms with van der Waals surface area (Å²) in [6.07, 6.45) is 0.125. The van der Waals surface area contributed by atoms with E-state index in [-0.39, 0.29) is 25.8 Å². The highest BCUT2D eigenvalue weighted by molar-refractivity contribution is 5.94. The molecule has 0 atom stereocenters. The summed E-state index contributed by atoms with van der Waals surface area (Å²) >= 11 is 0. The number of aliphatic carboxylic acids is 1. The van der Waals surface area contributed by atoms with E-state index in [1.165, 1.54) is 0 Å². The van der Waals surface area contributed by atoms with E-state index in [0.29, 0.717) is 6.61 Å². The third kappa shape index (κ3) is 10.0. The Morgan fingerprint density at radius 2 is 1.84 bits per heavy atom. The van der Waals surface area contributed by atoms with Gasteiger partial charge in [-0.15, -0.1) is 0 Å². The van der Waals surface area contributed by atoms with Gasteiger partial charge in [0, 0.05) is 26.0 Å². The number of carboxylic acids is 1. The van der Waals surface area contributed by atoms with Gasteiger partial charge in [0.25, 0.3) is 0 Å². The topological polar surface area (TPSA) is 105 Å². The van der Waals surface area contributed by atoms with E-state index in [2.05, 4.69) is 10.6 Å². The summed E-state index contributed by atoms with van der Waals surface area (Å²) in [6, 6.07) is -0.604. The van der Waals surface area contributed by atoms with E-state index in [1.807, 2.05) is 20.8 Å². The van der Waals surface area contributed by atoms with Crippen molar-refractivity contribution in [2.75, 3.05) is 13.2 Å². The molecule has 0 aliphatic heterocycles. The van der Waals surface area contributed by atoms with Crippen molar-refractivity contribution in [2.24, 2.45) is 0 Å². The molecule has 0 bridgehead atoms. The van der Waals surface area contributed by atoms with Crippen LogP contribution in [0, 0.1) is 0 Å². The number of rotatable bonds is 8. The zero-order chi connectivity index (χ0) is 14.9. The molecule has 0 fully saturated rings. The highest BCUT2D eigenvalue weighted by atomic mass is 16.5. The van der Waals surface area contributed by atoms with Crippen LogP contribution in [0.15, 0.2) is 0 Å². The van der Waals surface area contributed by atoms with Crippen LogP contribution < -0.4 is 10.6 Å². The van der Waals surface area contributed by atoms with Crippen LogP contribution in [-0.2, 0) is 14.3 Å². The molecule has 7 nitrogen and oxygen atoms in total. The van der Waals surface area contributed by atoms with Crippen molar-refractivity contribution in [1.82, 2.24) is 10.6 Å². The summed E-state index contributed by atoms with van der Waals surface area (Å²) in [7, 11) is 0. The molecule has 0 radical (unpaired) electrons. The Kier molecular flexibility index (Phi) is 7.74. The van der Waals surface area contributed by atoms with E-state index in [9.17, 15) is 14.4 Å². The van der Waals surface area contributed by atoms with Gasteiger partial charge in [-0.05, 0) is 27.2 Å². The number of imide groups is 1. The van der Waals surface area contributed by atoms with E-state index in [1.54, 1.807) is 0 Å². The molecular formula is C12H22N2O5. The van der Waals surface area contributed by atoms with Crippen LogP contribution in [0.5, 0.6) is 0 Å². The van der Waals surface area contributed by atoms with Crippen LogP contribution in [0.2, 0.25) is 0 Å². The Hall–Kier alpha value is -1.63. The van der Waals surface area contributed by atoms with Crippen LogP contribution in [-0.4, -0.2) is 41.8 Å². The van der Waals surface area contributed by atoms with Gasteiger partial charge in [0.15, 0.2) is 0 Å². The lowest BCUT2D eigenvalue weighted by atomic mass is 10.1. The van der Waals surface area contributed by atoms with Gasteiger partial charge >= 0.3 is 12.0 Å². The molecular weight excluding hydrogens is 252 g/mol. The summed E-state index contributed by atoms with van der Waals surface area (Å²) in [5.41, 5.74) is -0.502. The SMILES string of the molecule is CCOC(C)(C)CNC(=O)NC(=O)CCCC(=O)O. The molecule has 0 rings (SSSR count). The van der Waals surface area contributed by atoms with Gasteiger partial charge in [-0.25, -0.2) is 4.79 Å². The maximum Gasteiger partial charge on any atom is 0.321 e. The average molecular weight is 274 g/mol. The molecule has 7 heteroatoms. The molecule has 19 heavy (non-hydrogen) atoms. The Morgan fingerprint density at radius 1 is 1.21 bits per heavy atom. The summed E-state index contributed by atoms with van der Waals surface area (Å²) < 4.78 is 5.38. The first kappa shape index (κ1) is 17.4. The van der Waals surface area contributed by atoms with Crippen LogP contribution in [0.1, 0.15) is 40.0 Å². The van der Waals surface area contributed by atoms with Gasteiger partial charge in [-0.3, -0.25) is 14.9 Å². The van der Waals surface area contributed by atoms with Crippen molar-refractivity contribution in [1.29, 1.82) is 0 Å². The summed E-state index contributed by atoms with van der Waals surface area (Å²) in [5.74, 6) is -1.45. The highest BCUT2D eigenvalue weighted by Crippen LogP contribution is 2.06. The van der Waals surface area contributed by atoms with Gasteiger partial charge in [-0.2, -0.15) is 0 Å². The first-order chi connectivity index (χ1) is 8.76. The molecule has 0 aromatic heterocycles. The van der Waals surface area contributed by atoms with Gasteiger partial charge < -0.3 is 15.2 Å². The third-order valence-corrected chi connectivity index (χ3v) is 2.26. The van der Waals surface area contributed by atoms with Gasteiger partial charge in [0.1, 0.15) is 0 Å². The monoisotopic (exact) mass is 274 g/mol. The second-order valence-electron chi connectivity index (χ2n) is 4.67. The Morgan fingerprint density at radius 3 is 2.37 bits per heavy atom. The van der Waals surface area contributed by atoms with Crippen molar-refractivity contribution in [3.8, 4) is 0 Å². The largest absolute Gasteiger partial charge is 0.481 e. The number of hydrogen-bond acceptors (Lipinski definition) is 4. The fraction of sp³-hybridized carbons (Fsp3) is 0.750. The Balaban J connectivity index is 3.85.